The highest BCUT2D eigenvalue weighted by atomic mass is 16.5. The molecule has 0 aliphatic heterocycles. The van der Waals surface area contributed by atoms with E-state index in [4.69, 9.17) is 4.74 Å². The molecule has 0 saturated carbocycles. The van der Waals surface area contributed by atoms with Crippen LogP contribution in [-0.4, -0.2) is 9.97 Å². The van der Waals surface area contributed by atoms with Crippen LogP contribution in [0.15, 0.2) is 36.5 Å². The third-order valence-corrected chi connectivity index (χ3v) is 1.87. The fourth-order valence-electron chi connectivity index (χ4n) is 1.21. The SMILES string of the molecule is Cc1cnc(COc2ccccc2)[nH]1. The van der Waals surface area contributed by atoms with Crippen molar-refractivity contribution in [2.24, 2.45) is 0 Å². The molecule has 0 amide bonds. The van der Waals surface area contributed by atoms with Gasteiger partial charge in [0.1, 0.15) is 18.2 Å². The summed E-state index contributed by atoms with van der Waals surface area (Å²) in [4.78, 5) is 7.26. The van der Waals surface area contributed by atoms with Gasteiger partial charge in [-0.3, -0.25) is 0 Å². The quantitative estimate of drug-likeness (QED) is 0.802. The Labute approximate surface area is 82.8 Å². The van der Waals surface area contributed by atoms with Crippen molar-refractivity contribution in [1.82, 2.24) is 9.97 Å². The summed E-state index contributed by atoms with van der Waals surface area (Å²) in [6.07, 6.45) is 1.80. The molecule has 72 valence electrons. The summed E-state index contributed by atoms with van der Waals surface area (Å²) in [7, 11) is 0. The summed E-state index contributed by atoms with van der Waals surface area (Å²) in [5.74, 6) is 1.72. The summed E-state index contributed by atoms with van der Waals surface area (Å²) in [5, 5.41) is 0. The predicted octanol–water partition coefficient (Wildman–Crippen LogP) is 2.30. The number of aromatic nitrogens is 2. The lowest BCUT2D eigenvalue weighted by atomic mass is 10.3. The summed E-state index contributed by atoms with van der Waals surface area (Å²) in [6, 6.07) is 9.71. The van der Waals surface area contributed by atoms with E-state index in [1.54, 1.807) is 6.20 Å². The molecule has 0 atom stereocenters. The van der Waals surface area contributed by atoms with Gasteiger partial charge in [0.25, 0.3) is 0 Å². The Bertz CT molecular complexity index is 395. The molecule has 3 heteroatoms. The lowest BCUT2D eigenvalue weighted by Gasteiger charge is -2.02. The molecule has 14 heavy (non-hydrogen) atoms. The molecule has 1 aromatic carbocycles. The maximum atomic E-state index is 5.51. The van der Waals surface area contributed by atoms with Gasteiger partial charge in [-0.25, -0.2) is 4.98 Å². The number of nitrogens with one attached hydrogen (secondary N) is 1. The van der Waals surface area contributed by atoms with E-state index in [2.05, 4.69) is 9.97 Å². The molecule has 1 aromatic heterocycles. The molecule has 0 bridgehead atoms. The zero-order valence-corrected chi connectivity index (χ0v) is 8.03. The largest absolute Gasteiger partial charge is 0.486 e. The average Bonchev–Trinajstić information content (AvgIpc) is 2.63. The van der Waals surface area contributed by atoms with Crippen LogP contribution in [0.4, 0.5) is 0 Å². The number of aromatic amines is 1. The monoisotopic (exact) mass is 188 g/mol. The smallest absolute Gasteiger partial charge is 0.146 e. The van der Waals surface area contributed by atoms with Gasteiger partial charge in [-0.05, 0) is 19.1 Å². The number of H-pyrrole nitrogens is 1. The van der Waals surface area contributed by atoms with Crippen LogP contribution < -0.4 is 4.74 Å². The van der Waals surface area contributed by atoms with Gasteiger partial charge < -0.3 is 9.72 Å². The highest BCUT2D eigenvalue weighted by Crippen LogP contribution is 2.09. The van der Waals surface area contributed by atoms with Crippen molar-refractivity contribution in [3.8, 4) is 5.75 Å². The highest BCUT2D eigenvalue weighted by molar-refractivity contribution is 5.21. The van der Waals surface area contributed by atoms with Crippen LogP contribution in [0.2, 0.25) is 0 Å². The van der Waals surface area contributed by atoms with Crippen LogP contribution in [0.3, 0.4) is 0 Å². The van der Waals surface area contributed by atoms with E-state index in [0.29, 0.717) is 6.61 Å². The minimum Gasteiger partial charge on any atom is -0.486 e. The average molecular weight is 188 g/mol. The molecule has 0 aliphatic rings. The number of imidazole rings is 1. The van der Waals surface area contributed by atoms with Gasteiger partial charge in [-0.2, -0.15) is 0 Å². The summed E-state index contributed by atoms with van der Waals surface area (Å²) in [5.41, 5.74) is 1.05. The summed E-state index contributed by atoms with van der Waals surface area (Å²) >= 11 is 0. The number of hydrogen-bond acceptors (Lipinski definition) is 2. The molecule has 0 fully saturated rings. The van der Waals surface area contributed by atoms with Gasteiger partial charge in [0.15, 0.2) is 0 Å². The molecule has 0 spiro atoms. The lowest BCUT2D eigenvalue weighted by molar-refractivity contribution is 0.297. The number of para-hydroxylation sites is 1. The first-order chi connectivity index (χ1) is 6.84. The fourth-order valence-corrected chi connectivity index (χ4v) is 1.21. The van der Waals surface area contributed by atoms with Crippen molar-refractivity contribution >= 4 is 0 Å². The Morgan fingerprint density at radius 3 is 2.71 bits per heavy atom. The van der Waals surface area contributed by atoms with Crippen LogP contribution in [0.5, 0.6) is 5.75 Å². The molecule has 3 nitrogen and oxygen atoms in total. The van der Waals surface area contributed by atoms with Crippen LogP contribution in [-0.2, 0) is 6.61 Å². The van der Waals surface area contributed by atoms with Crippen LogP contribution in [0.25, 0.3) is 0 Å². The zero-order valence-electron chi connectivity index (χ0n) is 8.03. The normalized spacial score (nSPS) is 10.1. The fraction of sp³-hybridized carbons (Fsp3) is 0.182. The topological polar surface area (TPSA) is 37.9 Å². The molecule has 0 aliphatic carbocycles. The minimum absolute atomic E-state index is 0.484. The van der Waals surface area contributed by atoms with Crippen molar-refractivity contribution in [1.29, 1.82) is 0 Å². The standard InChI is InChI=1S/C11H12N2O/c1-9-7-12-11(13-9)8-14-10-5-3-2-4-6-10/h2-7H,8H2,1H3,(H,12,13). The number of hydrogen-bond donors (Lipinski definition) is 1. The Balaban J connectivity index is 1.95. The van der Waals surface area contributed by atoms with E-state index < -0.39 is 0 Å². The maximum absolute atomic E-state index is 5.51. The van der Waals surface area contributed by atoms with Crippen LogP contribution >= 0.6 is 0 Å². The molecule has 0 unspecified atom stereocenters. The number of benzene rings is 1. The highest BCUT2D eigenvalue weighted by Gasteiger charge is 1.97. The molecule has 0 saturated heterocycles. The summed E-state index contributed by atoms with van der Waals surface area (Å²) < 4.78 is 5.51. The number of aryl methyl sites for hydroxylation is 1. The third kappa shape index (κ3) is 2.13. The maximum Gasteiger partial charge on any atom is 0.146 e. The zero-order chi connectivity index (χ0) is 9.80. The molecular weight excluding hydrogens is 176 g/mol. The van der Waals surface area contributed by atoms with Gasteiger partial charge in [-0.15, -0.1) is 0 Å². The van der Waals surface area contributed by atoms with Crippen molar-refractivity contribution < 1.29 is 4.74 Å². The van der Waals surface area contributed by atoms with Crippen molar-refractivity contribution in [2.45, 2.75) is 13.5 Å². The van der Waals surface area contributed by atoms with E-state index in [9.17, 15) is 0 Å². The van der Waals surface area contributed by atoms with Gasteiger partial charge in [0, 0.05) is 11.9 Å². The van der Waals surface area contributed by atoms with E-state index in [1.807, 2.05) is 37.3 Å². The van der Waals surface area contributed by atoms with Crippen LogP contribution in [0.1, 0.15) is 11.5 Å². The van der Waals surface area contributed by atoms with E-state index in [-0.39, 0.29) is 0 Å². The number of nitrogens with zero attached hydrogens (tertiary/aromatic N) is 1. The van der Waals surface area contributed by atoms with E-state index in [1.165, 1.54) is 0 Å². The van der Waals surface area contributed by atoms with Crippen molar-refractivity contribution in [2.75, 3.05) is 0 Å². The van der Waals surface area contributed by atoms with Crippen LogP contribution in [0, 0.1) is 6.92 Å². The van der Waals surface area contributed by atoms with Crippen molar-refractivity contribution in [3.05, 3.63) is 48.0 Å². The second-order valence-corrected chi connectivity index (χ2v) is 3.11. The number of rotatable bonds is 3. The second-order valence-electron chi connectivity index (χ2n) is 3.11. The minimum atomic E-state index is 0.484. The van der Waals surface area contributed by atoms with E-state index >= 15 is 0 Å². The molecule has 1 N–H and O–H groups in total. The lowest BCUT2D eigenvalue weighted by Crippen LogP contribution is -1.97. The number of ether oxygens (including phenoxy) is 1. The van der Waals surface area contributed by atoms with E-state index in [0.717, 1.165) is 17.3 Å². The molecular formula is C11H12N2O. The van der Waals surface area contributed by atoms with Gasteiger partial charge >= 0.3 is 0 Å². The Morgan fingerprint density at radius 2 is 2.07 bits per heavy atom. The van der Waals surface area contributed by atoms with Gasteiger partial charge in [0.2, 0.25) is 0 Å². The molecule has 2 aromatic rings. The van der Waals surface area contributed by atoms with Gasteiger partial charge in [0.05, 0.1) is 0 Å². The Kier molecular flexibility index (Phi) is 2.49. The first kappa shape index (κ1) is 8.81. The molecule has 1 heterocycles. The second kappa shape index (κ2) is 3.96. The predicted molar refractivity (Wildman–Crippen MR) is 54.1 cm³/mol. The molecule has 0 radical (unpaired) electrons. The Morgan fingerprint density at radius 1 is 1.29 bits per heavy atom. The van der Waals surface area contributed by atoms with Gasteiger partial charge in [-0.1, -0.05) is 18.2 Å². The van der Waals surface area contributed by atoms with Crippen molar-refractivity contribution in [3.63, 3.8) is 0 Å². The molecule has 2 rings (SSSR count). The Hall–Kier alpha value is -1.77. The summed E-state index contributed by atoms with van der Waals surface area (Å²) in [6.45, 7) is 2.46. The first-order valence-corrected chi connectivity index (χ1v) is 4.53. The first-order valence-electron chi connectivity index (χ1n) is 4.53. The third-order valence-electron chi connectivity index (χ3n) is 1.87.